The number of rotatable bonds is 4. The predicted octanol–water partition coefficient (Wildman–Crippen LogP) is 2.11. The number of amides is 2. The van der Waals surface area contributed by atoms with Crippen molar-refractivity contribution in [2.75, 3.05) is 49.1 Å². The first-order valence-electron chi connectivity index (χ1n) is 11.6. The van der Waals surface area contributed by atoms with E-state index in [4.69, 9.17) is 0 Å². The third-order valence-electron chi connectivity index (χ3n) is 7.21. The lowest BCUT2D eigenvalue weighted by Gasteiger charge is -2.41. The number of nitrogens with zero attached hydrogens (tertiary/aromatic N) is 6. The molecule has 0 bridgehead atoms. The Balaban J connectivity index is 1.20. The minimum Gasteiger partial charge on any atom is -0.338 e. The molecule has 5 rings (SSSR count). The quantitative estimate of drug-likeness (QED) is 0.726. The molecule has 8 nitrogen and oxygen atoms in total. The molecular formula is C21H32N6O2S. The van der Waals surface area contributed by atoms with Crippen molar-refractivity contribution in [3.63, 3.8) is 0 Å². The Morgan fingerprint density at radius 1 is 0.833 bits per heavy atom. The molecule has 4 heterocycles. The second kappa shape index (κ2) is 8.78. The Morgan fingerprint density at radius 3 is 2.33 bits per heavy atom. The van der Waals surface area contributed by atoms with Crippen LogP contribution in [0.4, 0.5) is 10.3 Å². The summed E-state index contributed by atoms with van der Waals surface area (Å²) in [5.74, 6) is 0.368. The monoisotopic (exact) mass is 432 g/mol. The Morgan fingerprint density at radius 2 is 1.60 bits per heavy atom. The normalized spacial score (nSPS) is 26.7. The van der Waals surface area contributed by atoms with Crippen LogP contribution >= 0.6 is 11.3 Å². The van der Waals surface area contributed by atoms with Crippen LogP contribution in [0.5, 0.6) is 0 Å². The first-order chi connectivity index (χ1) is 14.7. The van der Waals surface area contributed by atoms with Crippen molar-refractivity contribution in [1.29, 1.82) is 0 Å². The molecule has 4 fully saturated rings. The first-order valence-corrected chi connectivity index (χ1v) is 12.5. The van der Waals surface area contributed by atoms with E-state index in [1.165, 1.54) is 43.4 Å². The smallest absolute Gasteiger partial charge is 0.245 e. The average molecular weight is 433 g/mol. The van der Waals surface area contributed by atoms with E-state index in [0.29, 0.717) is 11.6 Å². The Hall–Kier alpha value is -1.74. The largest absolute Gasteiger partial charge is 0.338 e. The number of carbonyl (C=O) groups is 2. The van der Waals surface area contributed by atoms with Gasteiger partial charge in [0.1, 0.15) is 6.04 Å². The number of anilines is 2. The lowest BCUT2D eigenvalue weighted by atomic mass is 9.94. The third kappa shape index (κ3) is 3.93. The molecule has 0 unspecified atom stereocenters. The van der Waals surface area contributed by atoms with Gasteiger partial charge in [-0.25, -0.2) is 0 Å². The fourth-order valence-corrected chi connectivity index (χ4v) is 6.47. The fourth-order valence-electron chi connectivity index (χ4n) is 5.50. The van der Waals surface area contributed by atoms with Crippen molar-refractivity contribution in [2.24, 2.45) is 0 Å². The highest BCUT2D eigenvalue weighted by atomic mass is 32.1. The van der Waals surface area contributed by atoms with Gasteiger partial charge < -0.3 is 9.80 Å². The van der Waals surface area contributed by atoms with E-state index in [0.717, 1.165) is 69.7 Å². The van der Waals surface area contributed by atoms with Gasteiger partial charge in [0.05, 0.1) is 0 Å². The van der Waals surface area contributed by atoms with Gasteiger partial charge >= 0.3 is 0 Å². The van der Waals surface area contributed by atoms with Crippen molar-refractivity contribution in [2.45, 2.75) is 69.9 Å². The molecule has 0 spiro atoms. The van der Waals surface area contributed by atoms with E-state index in [1.54, 1.807) is 4.90 Å². The molecule has 0 aromatic carbocycles. The summed E-state index contributed by atoms with van der Waals surface area (Å²) >= 11 is 1.45. The van der Waals surface area contributed by atoms with Crippen molar-refractivity contribution < 1.29 is 9.59 Å². The first kappa shape index (κ1) is 20.2. The van der Waals surface area contributed by atoms with Gasteiger partial charge in [-0.2, -0.15) is 0 Å². The summed E-state index contributed by atoms with van der Waals surface area (Å²) in [6.07, 6.45) is 10.1. The lowest BCUT2D eigenvalue weighted by Crippen LogP contribution is -2.55. The molecule has 164 valence electrons. The summed E-state index contributed by atoms with van der Waals surface area (Å²) < 4.78 is 0. The topological polar surface area (TPSA) is 72.9 Å². The second-order valence-electron chi connectivity index (χ2n) is 9.02. The van der Waals surface area contributed by atoms with E-state index >= 15 is 0 Å². The number of hydrogen-bond donors (Lipinski definition) is 0. The zero-order valence-corrected chi connectivity index (χ0v) is 18.5. The molecule has 4 aliphatic rings. The number of carbonyl (C=O) groups excluding carboxylic acids is 2. The Kier molecular flexibility index (Phi) is 5.91. The molecule has 3 saturated heterocycles. The molecule has 1 saturated carbocycles. The van der Waals surface area contributed by atoms with Gasteiger partial charge in [0.25, 0.3) is 0 Å². The van der Waals surface area contributed by atoms with Crippen LogP contribution in [0.3, 0.4) is 0 Å². The highest BCUT2D eigenvalue weighted by Crippen LogP contribution is 2.34. The molecule has 1 aromatic heterocycles. The van der Waals surface area contributed by atoms with Crippen LogP contribution in [-0.2, 0) is 9.59 Å². The molecule has 0 N–H and O–H groups in total. The molecular weight excluding hydrogens is 400 g/mol. The number of aromatic nitrogens is 2. The zero-order valence-electron chi connectivity index (χ0n) is 17.7. The number of hydrogen-bond acceptors (Lipinski definition) is 7. The van der Waals surface area contributed by atoms with Crippen molar-refractivity contribution in [3.8, 4) is 0 Å². The highest BCUT2D eigenvalue weighted by Gasteiger charge is 2.38. The van der Waals surface area contributed by atoms with Gasteiger partial charge in [0.2, 0.25) is 22.1 Å². The molecule has 9 heteroatoms. The summed E-state index contributed by atoms with van der Waals surface area (Å²) in [5, 5.41) is 10.1. The molecule has 30 heavy (non-hydrogen) atoms. The predicted molar refractivity (Wildman–Crippen MR) is 117 cm³/mol. The van der Waals surface area contributed by atoms with Crippen molar-refractivity contribution in [3.05, 3.63) is 0 Å². The van der Waals surface area contributed by atoms with Crippen LogP contribution in [0.2, 0.25) is 0 Å². The van der Waals surface area contributed by atoms with Crippen LogP contribution in [0.25, 0.3) is 0 Å². The molecule has 2 amide bonds. The summed E-state index contributed by atoms with van der Waals surface area (Å²) in [5.41, 5.74) is 0. The van der Waals surface area contributed by atoms with Gasteiger partial charge in [-0.3, -0.25) is 19.4 Å². The van der Waals surface area contributed by atoms with E-state index in [1.807, 2.05) is 0 Å². The summed E-state index contributed by atoms with van der Waals surface area (Å²) in [6, 6.07) is 0.591. The van der Waals surface area contributed by atoms with Crippen LogP contribution in [0, 0.1) is 0 Å². The zero-order chi connectivity index (χ0) is 20.5. The van der Waals surface area contributed by atoms with Gasteiger partial charge in [-0.15, -0.1) is 10.2 Å². The van der Waals surface area contributed by atoms with E-state index in [9.17, 15) is 9.59 Å². The van der Waals surface area contributed by atoms with Gasteiger partial charge in [0, 0.05) is 51.7 Å². The maximum atomic E-state index is 13.3. The molecule has 1 aromatic rings. The fraction of sp³-hybridized carbons (Fsp3) is 0.810. The molecule has 1 aliphatic carbocycles. The minimum absolute atomic E-state index is 0.127. The summed E-state index contributed by atoms with van der Waals surface area (Å²) in [7, 11) is 0. The number of piperazine rings is 1. The average Bonchev–Trinajstić information content (AvgIpc) is 3.54. The highest BCUT2D eigenvalue weighted by molar-refractivity contribution is 7.19. The van der Waals surface area contributed by atoms with E-state index in [2.05, 4.69) is 24.9 Å². The van der Waals surface area contributed by atoms with Crippen molar-refractivity contribution in [1.82, 2.24) is 20.0 Å². The maximum absolute atomic E-state index is 13.3. The van der Waals surface area contributed by atoms with Crippen LogP contribution in [-0.4, -0.2) is 83.2 Å². The van der Waals surface area contributed by atoms with Crippen LogP contribution < -0.4 is 9.80 Å². The van der Waals surface area contributed by atoms with Gasteiger partial charge in [0.15, 0.2) is 0 Å². The maximum Gasteiger partial charge on any atom is 0.245 e. The molecule has 1 atom stereocenters. The standard InChI is InChI=1S/C21H32N6O2S/c28-18-9-5-11-27(18)21-23-22-20(30-21)26-10-4-8-17(26)19(29)25-14-12-24(13-15-25)16-6-2-1-3-7-16/h16-17H,1-15H2/t17-/m0/s1. The van der Waals surface area contributed by atoms with Gasteiger partial charge in [-0.1, -0.05) is 30.6 Å². The van der Waals surface area contributed by atoms with Gasteiger partial charge in [-0.05, 0) is 32.1 Å². The SMILES string of the molecule is O=C([C@@H]1CCCN1c1nnc(N2CCCC2=O)s1)N1CCN(C2CCCCC2)CC1. The Bertz CT molecular complexity index is 771. The van der Waals surface area contributed by atoms with Crippen LogP contribution in [0.1, 0.15) is 57.8 Å². The summed E-state index contributed by atoms with van der Waals surface area (Å²) in [4.78, 5) is 33.9. The third-order valence-corrected chi connectivity index (χ3v) is 8.19. The van der Waals surface area contributed by atoms with Crippen molar-refractivity contribution >= 4 is 33.4 Å². The van der Waals surface area contributed by atoms with E-state index in [-0.39, 0.29) is 17.9 Å². The van der Waals surface area contributed by atoms with E-state index < -0.39 is 0 Å². The minimum atomic E-state index is -0.138. The van der Waals surface area contributed by atoms with Crippen LogP contribution in [0.15, 0.2) is 0 Å². The molecule has 0 radical (unpaired) electrons. The Labute approximate surface area is 182 Å². The summed E-state index contributed by atoms with van der Waals surface area (Å²) in [6.45, 7) is 5.24. The second-order valence-corrected chi connectivity index (χ2v) is 9.96. The lowest BCUT2D eigenvalue weighted by molar-refractivity contribution is -0.134. The molecule has 3 aliphatic heterocycles.